The number of amides is 1. The van der Waals surface area contributed by atoms with Gasteiger partial charge < -0.3 is 10.6 Å². The Balaban J connectivity index is 2.20. The van der Waals surface area contributed by atoms with Gasteiger partial charge in [-0.25, -0.2) is 0 Å². The Morgan fingerprint density at radius 2 is 2.17 bits per heavy atom. The van der Waals surface area contributed by atoms with Crippen molar-refractivity contribution in [2.75, 3.05) is 12.3 Å². The minimum Gasteiger partial charge on any atom is -0.399 e. The fourth-order valence-electron chi connectivity index (χ4n) is 2.57. The third kappa shape index (κ3) is 2.61. The minimum absolute atomic E-state index is 0.0133. The average molecular weight is 267 g/mol. The second-order valence-electron chi connectivity index (χ2n) is 5.22. The second-order valence-corrected chi connectivity index (χ2v) is 5.62. The maximum Gasteiger partial charge on any atom is 0.255 e. The number of likely N-dealkylation sites (tertiary alicyclic amines) is 1. The van der Waals surface area contributed by atoms with Crippen LogP contribution in [0, 0.1) is 5.92 Å². The Labute approximate surface area is 113 Å². The van der Waals surface area contributed by atoms with Crippen LogP contribution in [-0.2, 0) is 0 Å². The lowest BCUT2D eigenvalue weighted by Crippen LogP contribution is -2.44. The van der Waals surface area contributed by atoms with Crippen molar-refractivity contribution in [3.05, 3.63) is 28.8 Å². The summed E-state index contributed by atoms with van der Waals surface area (Å²) in [6.07, 6.45) is 2.11. The molecule has 1 fully saturated rings. The van der Waals surface area contributed by atoms with Crippen LogP contribution in [0.1, 0.15) is 37.0 Å². The van der Waals surface area contributed by atoms with Gasteiger partial charge in [0, 0.05) is 18.3 Å². The normalized spacial score (nSPS) is 24.1. The topological polar surface area (TPSA) is 46.3 Å². The largest absolute Gasteiger partial charge is 0.399 e. The average Bonchev–Trinajstić information content (AvgIpc) is 2.28. The van der Waals surface area contributed by atoms with Crippen LogP contribution in [-0.4, -0.2) is 23.4 Å². The van der Waals surface area contributed by atoms with E-state index in [1.807, 2.05) is 4.90 Å². The highest BCUT2D eigenvalue weighted by atomic mass is 35.5. The molecule has 1 saturated heterocycles. The molecule has 3 nitrogen and oxygen atoms in total. The first-order valence-electron chi connectivity index (χ1n) is 6.35. The molecule has 98 valence electrons. The van der Waals surface area contributed by atoms with Gasteiger partial charge in [-0.2, -0.15) is 0 Å². The lowest BCUT2D eigenvalue weighted by Gasteiger charge is -2.36. The lowest BCUT2D eigenvalue weighted by atomic mass is 9.93. The molecule has 1 aromatic rings. The van der Waals surface area contributed by atoms with Crippen LogP contribution in [0.3, 0.4) is 0 Å². The molecule has 1 heterocycles. The van der Waals surface area contributed by atoms with E-state index >= 15 is 0 Å². The van der Waals surface area contributed by atoms with Crippen molar-refractivity contribution >= 4 is 23.2 Å². The van der Waals surface area contributed by atoms with Gasteiger partial charge in [0.2, 0.25) is 0 Å². The van der Waals surface area contributed by atoms with Crippen LogP contribution in [0.15, 0.2) is 18.2 Å². The molecule has 1 aromatic carbocycles. The minimum atomic E-state index is 0.0133. The van der Waals surface area contributed by atoms with Gasteiger partial charge in [-0.1, -0.05) is 18.5 Å². The van der Waals surface area contributed by atoms with E-state index in [-0.39, 0.29) is 11.9 Å². The van der Waals surface area contributed by atoms with Crippen molar-refractivity contribution in [1.29, 1.82) is 0 Å². The van der Waals surface area contributed by atoms with E-state index in [0.29, 0.717) is 22.2 Å². The number of carbonyl (C=O) groups is 1. The smallest absolute Gasteiger partial charge is 0.255 e. The van der Waals surface area contributed by atoms with Gasteiger partial charge >= 0.3 is 0 Å². The summed E-state index contributed by atoms with van der Waals surface area (Å²) in [5, 5.41) is 0.436. The molecular formula is C14H19ClN2O. The number of halogens is 1. The molecule has 1 aliphatic rings. The first-order valence-corrected chi connectivity index (χ1v) is 6.73. The van der Waals surface area contributed by atoms with E-state index < -0.39 is 0 Å². The number of hydrogen-bond acceptors (Lipinski definition) is 2. The molecule has 0 aromatic heterocycles. The van der Waals surface area contributed by atoms with Crippen LogP contribution in [0.2, 0.25) is 5.02 Å². The molecule has 2 atom stereocenters. The molecule has 0 saturated carbocycles. The van der Waals surface area contributed by atoms with Crippen LogP contribution in [0.5, 0.6) is 0 Å². The van der Waals surface area contributed by atoms with Gasteiger partial charge in [0.25, 0.3) is 5.91 Å². The highest BCUT2D eigenvalue weighted by Crippen LogP contribution is 2.26. The number of benzene rings is 1. The quantitative estimate of drug-likeness (QED) is 0.794. The summed E-state index contributed by atoms with van der Waals surface area (Å²) in [4.78, 5) is 14.4. The third-order valence-electron chi connectivity index (χ3n) is 3.62. The molecule has 0 spiro atoms. The number of nitrogens with zero attached hydrogens (tertiary/aromatic N) is 1. The van der Waals surface area contributed by atoms with Gasteiger partial charge in [-0.15, -0.1) is 0 Å². The fraction of sp³-hybridized carbons (Fsp3) is 0.500. The predicted octanol–water partition coefficient (Wildman–Crippen LogP) is 3.18. The molecule has 1 aliphatic heterocycles. The van der Waals surface area contributed by atoms with E-state index in [2.05, 4.69) is 13.8 Å². The van der Waals surface area contributed by atoms with Crippen LogP contribution in [0.4, 0.5) is 5.69 Å². The van der Waals surface area contributed by atoms with Crippen LogP contribution >= 0.6 is 11.6 Å². The SMILES string of the molecule is CC1CCN(C(=O)c2ccc(N)cc2Cl)C(C)C1. The molecule has 4 heteroatoms. The molecule has 2 rings (SSSR count). The van der Waals surface area contributed by atoms with Crippen molar-refractivity contribution in [2.45, 2.75) is 32.7 Å². The zero-order chi connectivity index (χ0) is 13.3. The van der Waals surface area contributed by atoms with Gasteiger partial charge in [0.15, 0.2) is 0 Å². The lowest BCUT2D eigenvalue weighted by molar-refractivity contribution is 0.0589. The first-order chi connectivity index (χ1) is 8.49. The monoisotopic (exact) mass is 266 g/mol. The maximum atomic E-state index is 12.4. The summed E-state index contributed by atoms with van der Waals surface area (Å²) in [7, 11) is 0. The number of rotatable bonds is 1. The number of nitrogen functional groups attached to an aromatic ring is 1. The molecule has 0 aliphatic carbocycles. The molecule has 1 amide bonds. The van der Waals surface area contributed by atoms with Gasteiger partial charge in [0.05, 0.1) is 10.6 Å². The highest BCUT2D eigenvalue weighted by molar-refractivity contribution is 6.34. The molecular weight excluding hydrogens is 248 g/mol. The van der Waals surface area contributed by atoms with Gasteiger partial charge in [0.1, 0.15) is 0 Å². The van der Waals surface area contributed by atoms with Crippen molar-refractivity contribution in [1.82, 2.24) is 4.90 Å². The Morgan fingerprint density at radius 1 is 1.44 bits per heavy atom. The zero-order valence-corrected chi connectivity index (χ0v) is 11.6. The molecule has 18 heavy (non-hydrogen) atoms. The van der Waals surface area contributed by atoms with Crippen molar-refractivity contribution in [3.63, 3.8) is 0 Å². The molecule has 0 bridgehead atoms. The zero-order valence-electron chi connectivity index (χ0n) is 10.8. The molecule has 2 N–H and O–H groups in total. The summed E-state index contributed by atoms with van der Waals surface area (Å²) in [5.74, 6) is 0.699. The number of piperidine rings is 1. The fourth-order valence-corrected chi connectivity index (χ4v) is 2.84. The molecule has 2 unspecified atom stereocenters. The van der Waals surface area contributed by atoms with Gasteiger partial charge in [-0.3, -0.25) is 4.79 Å². The number of carbonyl (C=O) groups excluding carboxylic acids is 1. The summed E-state index contributed by atoms with van der Waals surface area (Å²) < 4.78 is 0. The van der Waals surface area contributed by atoms with E-state index in [0.717, 1.165) is 19.4 Å². The third-order valence-corrected chi connectivity index (χ3v) is 3.94. The first kappa shape index (κ1) is 13.2. The van der Waals surface area contributed by atoms with Crippen LogP contribution < -0.4 is 5.73 Å². The van der Waals surface area contributed by atoms with Crippen LogP contribution in [0.25, 0.3) is 0 Å². The summed E-state index contributed by atoms with van der Waals surface area (Å²) >= 11 is 6.09. The standard InChI is InChI=1S/C14H19ClN2O/c1-9-5-6-17(10(2)7-9)14(18)12-4-3-11(16)8-13(12)15/h3-4,8-10H,5-7,16H2,1-2H3. The van der Waals surface area contributed by atoms with Gasteiger partial charge in [-0.05, 0) is 43.9 Å². The summed E-state index contributed by atoms with van der Waals surface area (Å²) in [6.45, 7) is 5.13. The number of anilines is 1. The Kier molecular flexibility index (Phi) is 3.81. The Bertz CT molecular complexity index is 461. The Hall–Kier alpha value is -1.22. The second kappa shape index (κ2) is 5.19. The summed E-state index contributed by atoms with van der Waals surface area (Å²) in [6, 6.07) is 5.34. The number of hydrogen-bond donors (Lipinski definition) is 1. The predicted molar refractivity (Wildman–Crippen MR) is 74.8 cm³/mol. The number of nitrogens with two attached hydrogens (primary N) is 1. The maximum absolute atomic E-state index is 12.4. The Morgan fingerprint density at radius 3 is 2.78 bits per heavy atom. The van der Waals surface area contributed by atoms with E-state index in [4.69, 9.17) is 17.3 Å². The van der Waals surface area contributed by atoms with Crippen molar-refractivity contribution < 1.29 is 4.79 Å². The van der Waals surface area contributed by atoms with Crippen molar-refractivity contribution in [2.24, 2.45) is 5.92 Å². The summed E-state index contributed by atoms with van der Waals surface area (Å²) in [5.41, 5.74) is 6.77. The van der Waals surface area contributed by atoms with E-state index in [1.54, 1.807) is 18.2 Å². The highest BCUT2D eigenvalue weighted by Gasteiger charge is 2.28. The molecule has 0 radical (unpaired) electrons. The van der Waals surface area contributed by atoms with E-state index in [9.17, 15) is 4.79 Å². The van der Waals surface area contributed by atoms with E-state index in [1.165, 1.54) is 0 Å². The van der Waals surface area contributed by atoms with Crippen molar-refractivity contribution in [3.8, 4) is 0 Å².